The number of hydrogen-bond acceptors (Lipinski definition) is 4. The molecule has 0 aliphatic rings. The molecule has 0 bridgehead atoms. The van der Waals surface area contributed by atoms with Crippen LogP contribution in [0.5, 0.6) is 5.75 Å². The van der Waals surface area contributed by atoms with E-state index < -0.39 is 5.60 Å². The minimum Gasteiger partial charge on any atom is -0.497 e. The van der Waals surface area contributed by atoms with Crippen molar-refractivity contribution in [2.75, 3.05) is 7.11 Å². The van der Waals surface area contributed by atoms with Crippen LogP contribution in [0.1, 0.15) is 24.5 Å². The van der Waals surface area contributed by atoms with Gasteiger partial charge in [0.1, 0.15) is 11.4 Å². The second-order valence-electron chi connectivity index (χ2n) is 7.62. The topological polar surface area (TPSA) is 60.2 Å². The lowest BCUT2D eigenvalue weighted by atomic mass is 9.82. The van der Waals surface area contributed by atoms with Gasteiger partial charge in [0.05, 0.1) is 30.0 Å². The van der Waals surface area contributed by atoms with Crippen LogP contribution in [0.4, 0.5) is 0 Å². The lowest BCUT2D eigenvalue weighted by molar-refractivity contribution is 0.0782. The molecular formula is C26H23N3O2. The van der Waals surface area contributed by atoms with E-state index in [1.165, 1.54) is 0 Å². The summed E-state index contributed by atoms with van der Waals surface area (Å²) in [6.45, 7) is 2.00. The Morgan fingerprint density at radius 3 is 2.58 bits per heavy atom. The number of pyridine rings is 1. The van der Waals surface area contributed by atoms with Crippen LogP contribution in [0.15, 0.2) is 85.2 Å². The predicted molar refractivity (Wildman–Crippen MR) is 123 cm³/mol. The van der Waals surface area contributed by atoms with Crippen molar-refractivity contribution >= 4 is 21.8 Å². The average Bonchev–Trinajstić information content (AvgIpc) is 3.26. The highest BCUT2D eigenvalue weighted by Gasteiger charge is 2.31. The van der Waals surface area contributed by atoms with Crippen LogP contribution in [0.25, 0.3) is 27.5 Å². The molecule has 0 saturated heterocycles. The van der Waals surface area contributed by atoms with Gasteiger partial charge in [0.2, 0.25) is 0 Å². The third-order valence-electron chi connectivity index (χ3n) is 5.97. The molecule has 5 rings (SSSR count). The number of hydrogen-bond donors (Lipinski definition) is 1. The van der Waals surface area contributed by atoms with Crippen LogP contribution in [0.2, 0.25) is 0 Å². The van der Waals surface area contributed by atoms with Crippen LogP contribution in [0.3, 0.4) is 0 Å². The summed E-state index contributed by atoms with van der Waals surface area (Å²) in [5.41, 5.74) is 3.39. The third-order valence-corrected chi connectivity index (χ3v) is 5.97. The van der Waals surface area contributed by atoms with Gasteiger partial charge in [-0.2, -0.15) is 5.10 Å². The van der Waals surface area contributed by atoms with Crippen molar-refractivity contribution in [1.29, 1.82) is 0 Å². The van der Waals surface area contributed by atoms with Gasteiger partial charge < -0.3 is 9.84 Å². The standard InChI is InChI=1S/C26H23N3O2/c1-3-26(30,23-14-15-27-24-7-5-4-6-22(23)24)19-8-13-25-18(16-19)17-28-29(25)20-9-11-21(31-2)12-10-20/h4-17,30H,3H2,1-2H3. The first-order valence-corrected chi connectivity index (χ1v) is 10.3. The summed E-state index contributed by atoms with van der Waals surface area (Å²) >= 11 is 0. The van der Waals surface area contributed by atoms with Gasteiger partial charge in [-0.25, -0.2) is 4.68 Å². The first-order chi connectivity index (χ1) is 15.1. The smallest absolute Gasteiger partial charge is 0.119 e. The van der Waals surface area contributed by atoms with Crippen molar-refractivity contribution in [3.05, 3.63) is 96.3 Å². The van der Waals surface area contributed by atoms with Gasteiger partial charge in [0, 0.05) is 17.0 Å². The number of rotatable bonds is 5. The Morgan fingerprint density at radius 2 is 1.81 bits per heavy atom. The molecule has 0 aliphatic carbocycles. The van der Waals surface area contributed by atoms with E-state index in [1.54, 1.807) is 13.3 Å². The third kappa shape index (κ3) is 3.14. The maximum atomic E-state index is 11.8. The summed E-state index contributed by atoms with van der Waals surface area (Å²) < 4.78 is 7.14. The lowest BCUT2D eigenvalue weighted by Crippen LogP contribution is -2.26. The van der Waals surface area contributed by atoms with Crippen molar-refractivity contribution in [1.82, 2.24) is 14.8 Å². The second kappa shape index (κ2) is 7.52. The molecule has 2 aromatic heterocycles. The molecule has 2 heterocycles. The zero-order valence-electron chi connectivity index (χ0n) is 17.5. The fraction of sp³-hybridized carbons (Fsp3) is 0.154. The van der Waals surface area contributed by atoms with Crippen LogP contribution in [0, 0.1) is 0 Å². The van der Waals surface area contributed by atoms with Crippen molar-refractivity contribution in [3.63, 3.8) is 0 Å². The Bertz CT molecular complexity index is 1370. The molecule has 31 heavy (non-hydrogen) atoms. The molecule has 0 aliphatic heterocycles. The van der Waals surface area contributed by atoms with E-state index in [0.29, 0.717) is 6.42 Å². The van der Waals surface area contributed by atoms with E-state index in [4.69, 9.17) is 4.74 Å². The highest BCUT2D eigenvalue weighted by Crippen LogP contribution is 2.38. The number of methoxy groups -OCH3 is 1. The van der Waals surface area contributed by atoms with Crippen LogP contribution >= 0.6 is 0 Å². The number of aliphatic hydroxyl groups is 1. The minimum absolute atomic E-state index is 0.541. The van der Waals surface area contributed by atoms with Crippen LogP contribution in [-0.2, 0) is 5.60 Å². The van der Waals surface area contributed by atoms with Crippen LogP contribution < -0.4 is 4.74 Å². The number of para-hydroxylation sites is 1. The van der Waals surface area contributed by atoms with Crippen molar-refractivity contribution in [2.24, 2.45) is 0 Å². The van der Waals surface area contributed by atoms with Crippen molar-refractivity contribution in [3.8, 4) is 11.4 Å². The molecule has 0 amide bonds. The van der Waals surface area contributed by atoms with Crippen LogP contribution in [-0.4, -0.2) is 27.0 Å². The minimum atomic E-state index is -1.13. The molecule has 0 radical (unpaired) electrons. The van der Waals surface area contributed by atoms with Gasteiger partial charge in [0.25, 0.3) is 0 Å². The number of ether oxygens (including phenoxy) is 1. The largest absolute Gasteiger partial charge is 0.497 e. The predicted octanol–water partition coefficient (Wildman–Crippen LogP) is 5.23. The van der Waals surface area contributed by atoms with E-state index in [0.717, 1.165) is 44.4 Å². The van der Waals surface area contributed by atoms with Crippen molar-refractivity contribution < 1.29 is 9.84 Å². The molecule has 5 nitrogen and oxygen atoms in total. The van der Waals surface area contributed by atoms with Gasteiger partial charge in [-0.3, -0.25) is 4.98 Å². The molecule has 3 aromatic carbocycles. The van der Waals surface area contributed by atoms with E-state index in [9.17, 15) is 5.11 Å². The molecule has 154 valence electrons. The maximum Gasteiger partial charge on any atom is 0.119 e. The highest BCUT2D eigenvalue weighted by molar-refractivity contribution is 5.85. The number of aromatic nitrogens is 3. The summed E-state index contributed by atoms with van der Waals surface area (Å²) in [7, 11) is 1.65. The second-order valence-corrected chi connectivity index (χ2v) is 7.62. The normalized spacial score (nSPS) is 13.4. The summed E-state index contributed by atoms with van der Waals surface area (Å²) in [6, 6.07) is 23.7. The zero-order valence-corrected chi connectivity index (χ0v) is 17.5. The van der Waals surface area contributed by atoms with Gasteiger partial charge >= 0.3 is 0 Å². The molecule has 0 fully saturated rings. The molecule has 5 aromatic rings. The van der Waals surface area contributed by atoms with E-state index in [1.807, 2.05) is 90.6 Å². The average molecular weight is 409 g/mol. The molecule has 1 atom stereocenters. The van der Waals surface area contributed by atoms with Gasteiger partial charge in [-0.05, 0) is 66.1 Å². The number of fused-ring (bicyclic) bond motifs is 2. The Kier molecular flexibility index (Phi) is 4.68. The number of benzene rings is 3. The molecule has 5 heteroatoms. The van der Waals surface area contributed by atoms with Gasteiger partial charge in [-0.1, -0.05) is 31.2 Å². The summed E-state index contributed by atoms with van der Waals surface area (Å²) in [5, 5.41) is 18.3. The monoisotopic (exact) mass is 409 g/mol. The Balaban J connectivity index is 1.62. The molecular weight excluding hydrogens is 386 g/mol. The fourth-order valence-corrected chi connectivity index (χ4v) is 4.23. The number of nitrogens with zero attached hydrogens (tertiary/aromatic N) is 3. The van der Waals surface area contributed by atoms with E-state index in [-0.39, 0.29) is 0 Å². The van der Waals surface area contributed by atoms with E-state index in [2.05, 4.69) is 10.1 Å². The summed E-state index contributed by atoms with van der Waals surface area (Å²) in [5.74, 6) is 0.806. The summed E-state index contributed by atoms with van der Waals surface area (Å²) in [4.78, 5) is 4.45. The Hall–Kier alpha value is -3.70. The Morgan fingerprint density at radius 1 is 1.00 bits per heavy atom. The summed E-state index contributed by atoms with van der Waals surface area (Å²) in [6.07, 6.45) is 4.14. The van der Waals surface area contributed by atoms with Gasteiger partial charge in [0.15, 0.2) is 0 Å². The quantitative estimate of drug-likeness (QED) is 0.432. The van der Waals surface area contributed by atoms with Crippen molar-refractivity contribution in [2.45, 2.75) is 18.9 Å². The lowest BCUT2D eigenvalue weighted by Gasteiger charge is -2.29. The SMILES string of the molecule is CCC(O)(c1ccc2c(cnn2-c2ccc(OC)cc2)c1)c1ccnc2ccccc12. The maximum absolute atomic E-state index is 11.8. The molecule has 0 saturated carbocycles. The molecule has 1 unspecified atom stereocenters. The zero-order chi connectivity index (χ0) is 21.4. The highest BCUT2D eigenvalue weighted by atomic mass is 16.5. The molecule has 1 N–H and O–H groups in total. The van der Waals surface area contributed by atoms with E-state index >= 15 is 0 Å². The first kappa shape index (κ1) is 19.3. The fourth-order valence-electron chi connectivity index (χ4n) is 4.23. The Labute approximate surface area is 180 Å². The first-order valence-electron chi connectivity index (χ1n) is 10.3. The van der Waals surface area contributed by atoms with Gasteiger partial charge in [-0.15, -0.1) is 0 Å². The molecule has 0 spiro atoms.